The zero-order valence-electron chi connectivity index (χ0n) is 20.9. The Hall–Kier alpha value is -3.75. The molecular weight excluding hydrogens is 442 g/mol. The highest BCUT2D eigenvalue weighted by Gasteiger charge is 2.37. The van der Waals surface area contributed by atoms with Gasteiger partial charge in [-0.05, 0) is 32.9 Å². The minimum Gasteiger partial charge on any atom is -0.337 e. The molecule has 9 heteroatoms. The van der Waals surface area contributed by atoms with Crippen molar-refractivity contribution in [2.24, 2.45) is 0 Å². The number of nitrogens with zero attached hydrogens (tertiary/aromatic N) is 7. The van der Waals surface area contributed by atoms with E-state index in [1.807, 2.05) is 73.0 Å². The summed E-state index contributed by atoms with van der Waals surface area (Å²) in [5.74, 6) is 1.23. The van der Waals surface area contributed by atoms with Crippen LogP contribution < -0.4 is 9.80 Å². The van der Waals surface area contributed by atoms with Crippen LogP contribution in [0.15, 0.2) is 36.5 Å². The van der Waals surface area contributed by atoms with Crippen molar-refractivity contribution < 1.29 is 9.59 Å². The number of benzene rings is 1. The predicted molar refractivity (Wildman–Crippen MR) is 136 cm³/mol. The Morgan fingerprint density at radius 1 is 1.17 bits per heavy atom. The molecule has 0 bridgehead atoms. The number of carbonyl (C=O) groups is 2. The third kappa shape index (κ3) is 4.05. The number of fused-ring (bicyclic) bond motifs is 2. The Labute approximate surface area is 205 Å². The Morgan fingerprint density at radius 2 is 1.94 bits per heavy atom. The Bertz CT molecular complexity index is 1310. The van der Waals surface area contributed by atoms with Crippen molar-refractivity contribution in [2.45, 2.75) is 46.3 Å². The highest BCUT2D eigenvalue weighted by atomic mass is 16.2. The molecule has 1 aromatic carbocycles. The maximum absolute atomic E-state index is 13.3. The Morgan fingerprint density at radius 3 is 2.66 bits per heavy atom. The fourth-order valence-electron chi connectivity index (χ4n) is 4.97. The Balaban J connectivity index is 1.57. The van der Waals surface area contributed by atoms with Crippen molar-refractivity contribution in [3.05, 3.63) is 47.8 Å². The molecule has 0 spiro atoms. The molecule has 1 atom stereocenters. The molecule has 2 aliphatic heterocycles. The van der Waals surface area contributed by atoms with Crippen molar-refractivity contribution in [2.75, 3.05) is 36.5 Å². The lowest BCUT2D eigenvalue weighted by Gasteiger charge is -2.39. The largest absolute Gasteiger partial charge is 0.337 e. The van der Waals surface area contributed by atoms with E-state index in [9.17, 15) is 9.59 Å². The van der Waals surface area contributed by atoms with E-state index < -0.39 is 0 Å². The first-order valence-corrected chi connectivity index (χ1v) is 12.1. The van der Waals surface area contributed by atoms with Gasteiger partial charge < -0.3 is 19.6 Å². The summed E-state index contributed by atoms with van der Waals surface area (Å²) < 4.78 is 0. The van der Waals surface area contributed by atoms with Gasteiger partial charge in [0.15, 0.2) is 0 Å². The van der Waals surface area contributed by atoms with Crippen molar-refractivity contribution in [1.29, 1.82) is 0 Å². The average Bonchev–Trinajstić information content (AvgIpc) is 3.19. The van der Waals surface area contributed by atoms with Crippen LogP contribution in [0.2, 0.25) is 0 Å². The minimum absolute atomic E-state index is 0.0341. The van der Waals surface area contributed by atoms with Gasteiger partial charge in [-0.3, -0.25) is 14.6 Å². The van der Waals surface area contributed by atoms with Gasteiger partial charge in [0.2, 0.25) is 11.9 Å². The van der Waals surface area contributed by atoms with Gasteiger partial charge in [0.1, 0.15) is 11.5 Å². The van der Waals surface area contributed by atoms with Crippen LogP contribution in [0.3, 0.4) is 0 Å². The van der Waals surface area contributed by atoms with Crippen LogP contribution >= 0.6 is 0 Å². The van der Waals surface area contributed by atoms with Gasteiger partial charge in [0.05, 0.1) is 23.9 Å². The van der Waals surface area contributed by atoms with E-state index in [1.54, 1.807) is 6.92 Å². The minimum atomic E-state index is -0.0691. The molecule has 1 saturated heterocycles. The third-order valence-corrected chi connectivity index (χ3v) is 6.98. The number of pyridine rings is 1. The number of para-hydroxylation sites is 1. The van der Waals surface area contributed by atoms with Crippen LogP contribution in [0.4, 0.5) is 17.5 Å². The zero-order valence-corrected chi connectivity index (χ0v) is 20.9. The number of hydrogen-bond donors (Lipinski definition) is 0. The predicted octanol–water partition coefficient (Wildman–Crippen LogP) is 3.21. The van der Waals surface area contributed by atoms with Crippen molar-refractivity contribution in [1.82, 2.24) is 24.8 Å². The molecule has 1 fully saturated rings. The summed E-state index contributed by atoms with van der Waals surface area (Å²) in [5.41, 5.74) is 3.11. The summed E-state index contributed by atoms with van der Waals surface area (Å²) in [7, 11) is 1.96. The number of piperazine rings is 1. The molecule has 182 valence electrons. The fourth-order valence-corrected chi connectivity index (χ4v) is 4.97. The molecule has 2 amide bonds. The van der Waals surface area contributed by atoms with E-state index in [0.29, 0.717) is 43.6 Å². The first-order valence-electron chi connectivity index (χ1n) is 12.1. The second-order valence-corrected chi connectivity index (χ2v) is 9.65. The third-order valence-electron chi connectivity index (χ3n) is 6.98. The van der Waals surface area contributed by atoms with Crippen LogP contribution in [0, 0.1) is 0 Å². The van der Waals surface area contributed by atoms with Gasteiger partial charge >= 0.3 is 0 Å². The number of rotatable bonds is 4. The number of amides is 2. The van der Waals surface area contributed by atoms with Gasteiger partial charge in [-0.1, -0.05) is 18.2 Å². The highest BCUT2D eigenvalue weighted by Crippen LogP contribution is 2.35. The summed E-state index contributed by atoms with van der Waals surface area (Å²) in [5, 5.41) is 1.04. The molecule has 0 unspecified atom stereocenters. The van der Waals surface area contributed by atoms with E-state index in [0.717, 1.165) is 22.2 Å². The number of aromatic nitrogens is 3. The topological polar surface area (TPSA) is 85.8 Å². The smallest absolute Gasteiger partial charge is 0.273 e. The second-order valence-electron chi connectivity index (χ2n) is 9.65. The molecule has 9 nitrogen and oxygen atoms in total. The lowest BCUT2D eigenvalue weighted by atomic mass is 10.2. The summed E-state index contributed by atoms with van der Waals surface area (Å²) in [6.07, 6.45) is 1.83. The number of anilines is 3. The fraction of sp³-hybridized carbons (Fsp3) is 0.423. The molecule has 0 N–H and O–H groups in total. The van der Waals surface area contributed by atoms with Crippen molar-refractivity contribution >= 4 is 40.2 Å². The van der Waals surface area contributed by atoms with E-state index in [2.05, 4.69) is 16.0 Å². The highest BCUT2D eigenvalue weighted by molar-refractivity contribution is 5.99. The molecule has 0 saturated carbocycles. The van der Waals surface area contributed by atoms with Crippen LogP contribution in [0.25, 0.3) is 10.9 Å². The Kier molecular flexibility index (Phi) is 5.78. The zero-order chi connectivity index (χ0) is 24.9. The lowest BCUT2D eigenvalue weighted by Crippen LogP contribution is -2.54. The maximum atomic E-state index is 13.3. The molecule has 0 radical (unpaired) electrons. The van der Waals surface area contributed by atoms with Gasteiger partial charge in [-0.25, -0.2) is 4.98 Å². The first kappa shape index (κ1) is 23.0. The van der Waals surface area contributed by atoms with Crippen LogP contribution in [0.1, 0.15) is 43.7 Å². The summed E-state index contributed by atoms with van der Waals surface area (Å²) in [6.45, 7) is 9.95. The second kappa shape index (κ2) is 8.79. The molecular formula is C26H31N7O2. The lowest BCUT2D eigenvalue weighted by molar-refractivity contribution is -0.131. The number of carbonyl (C=O) groups excluding carboxylic acids is 2. The average molecular weight is 474 g/mol. The van der Waals surface area contributed by atoms with E-state index in [4.69, 9.17) is 9.97 Å². The molecule has 5 rings (SSSR count). The maximum Gasteiger partial charge on any atom is 0.273 e. The van der Waals surface area contributed by atoms with Crippen LogP contribution in [0.5, 0.6) is 0 Å². The molecule has 35 heavy (non-hydrogen) atoms. The van der Waals surface area contributed by atoms with Crippen molar-refractivity contribution in [3.63, 3.8) is 0 Å². The van der Waals surface area contributed by atoms with E-state index in [1.165, 1.54) is 0 Å². The van der Waals surface area contributed by atoms with E-state index in [-0.39, 0.29) is 23.9 Å². The SMILES string of the molecule is CC(=O)N1CCN(c2nc3c(c(N(C)c4cnc5ccccc5c4)n2)CN(C(C)C)C3=O)C[C@@H]1C. The summed E-state index contributed by atoms with van der Waals surface area (Å²) in [6, 6.07) is 10.2. The molecule has 2 aromatic heterocycles. The summed E-state index contributed by atoms with van der Waals surface area (Å²) >= 11 is 0. The van der Waals surface area contributed by atoms with Crippen LogP contribution in [-0.2, 0) is 11.3 Å². The standard InChI is InChI=1S/C26H31N7O2/c1-16(2)33-15-21-23(25(33)35)28-26(31-10-11-32(18(4)34)17(3)14-31)29-24(21)30(5)20-12-19-8-6-7-9-22(19)27-13-20/h6-9,12-13,16-17H,10-11,14-15H2,1-5H3/t17-/m0/s1. The normalized spacial score (nSPS) is 17.9. The monoisotopic (exact) mass is 473 g/mol. The van der Waals surface area contributed by atoms with Gasteiger partial charge in [-0.15, -0.1) is 0 Å². The molecule has 2 aliphatic rings. The van der Waals surface area contributed by atoms with Crippen molar-refractivity contribution in [3.8, 4) is 0 Å². The molecule has 0 aliphatic carbocycles. The van der Waals surface area contributed by atoms with Gasteiger partial charge in [0.25, 0.3) is 5.91 Å². The van der Waals surface area contributed by atoms with Crippen LogP contribution in [-0.4, -0.2) is 75.3 Å². The first-order chi connectivity index (χ1) is 16.7. The number of hydrogen-bond acceptors (Lipinski definition) is 7. The quantitative estimate of drug-likeness (QED) is 0.575. The van der Waals surface area contributed by atoms with E-state index >= 15 is 0 Å². The molecule has 3 aromatic rings. The molecule has 4 heterocycles. The summed E-state index contributed by atoms with van der Waals surface area (Å²) in [4.78, 5) is 47.4. The van der Waals surface area contributed by atoms with Gasteiger partial charge in [0, 0.05) is 56.6 Å². The van der Waals surface area contributed by atoms with Gasteiger partial charge in [-0.2, -0.15) is 4.98 Å².